The van der Waals surface area contributed by atoms with Crippen molar-refractivity contribution >= 4 is 11.6 Å². The molecule has 2 rings (SSSR count). The number of aryl methyl sites for hydroxylation is 1. The van der Waals surface area contributed by atoms with Crippen molar-refractivity contribution in [2.75, 3.05) is 11.9 Å². The van der Waals surface area contributed by atoms with E-state index in [9.17, 15) is 4.79 Å². The maximum absolute atomic E-state index is 12.9. The smallest absolute Gasteiger partial charge is 0.256 e. The Morgan fingerprint density at radius 2 is 1.86 bits per heavy atom. The molecule has 1 amide bonds. The van der Waals surface area contributed by atoms with E-state index in [0.29, 0.717) is 25.6 Å². The van der Waals surface area contributed by atoms with Crippen LogP contribution in [-0.4, -0.2) is 18.1 Å². The lowest BCUT2D eigenvalue weighted by atomic mass is 9.93. The highest BCUT2D eigenvalue weighted by Gasteiger charge is 2.35. The van der Waals surface area contributed by atoms with Gasteiger partial charge < -0.3 is 14.8 Å². The molecule has 0 radical (unpaired) electrons. The van der Waals surface area contributed by atoms with Crippen molar-refractivity contribution in [2.24, 2.45) is 5.92 Å². The Morgan fingerprint density at radius 3 is 2.46 bits per heavy atom. The first kappa shape index (κ1) is 22.0. The Labute approximate surface area is 169 Å². The number of nitrogens with one attached hydrogen (secondary N) is 1. The van der Waals surface area contributed by atoms with Crippen LogP contribution in [0.3, 0.4) is 0 Å². The fraction of sp³-hybridized carbons (Fsp3) is 0.458. The van der Waals surface area contributed by atoms with Gasteiger partial charge in [-0.2, -0.15) is 0 Å². The van der Waals surface area contributed by atoms with Crippen LogP contribution in [0.2, 0.25) is 0 Å². The standard InChI is InChI=1S/C24H33NO3/c1-6-14-28-24(5,16-18(2)3)23(26)25-21-12-13-22(19(4)15-21)27-17-20-10-8-7-9-11-20/h7-13,15,18H,6,14,16-17H2,1-5H3,(H,25,26)/t24-/m1/s1. The second-order valence-corrected chi connectivity index (χ2v) is 7.89. The van der Waals surface area contributed by atoms with Crippen molar-refractivity contribution in [1.29, 1.82) is 0 Å². The molecule has 1 atom stereocenters. The molecular formula is C24H33NO3. The van der Waals surface area contributed by atoms with Crippen LogP contribution in [0.25, 0.3) is 0 Å². The SMILES string of the molecule is CCCO[C@](C)(CC(C)C)C(=O)Nc1ccc(OCc2ccccc2)c(C)c1. The van der Waals surface area contributed by atoms with Gasteiger partial charge in [0.2, 0.25) is 0 Å². The largest absolute Gasteiger partial charge is 0.489 e. The zero-order valence-corrected chi connectivity index (χ0v) is 17.7. The van der Waals surface area contributed by atoms with Gasteiger partial charge in [0.05, 0.1) is 0 Å². The summed E-state index contributed by atoms with van der Waals surface area (Å²) in [6, 6.07) is 15.8. The van der Waals surface area contributed by atoms with E-state index in [-0.39, 0.29) is 5.91 Å². The zero-order chi connectivity index (χ0) is 20.6. The molecule has 0 unspecified atom stereocenters. The van der Waals surface area contributed by atoms with Crippen LogP contribution < -0.4 is 10.1 Å². The van der Waals surface area contributed by atoms with Gasteiger partial charge >= 0.3 is 0 Å². The number of carbonyl (C=O) groups excluding carboxylic acids is 1. The summed E-state index contributed by atoms with van der Waals surface area (Å²) in [4.78, 5) is 12.9. The lowest BCUT2D eigenvalue weighted by Crippen LogP contribution is -2.44. The molecule has 2 aromatic carbocycles. The van der Waals surface area contributed by atoms with Crippen molar-refractivity contribution in [1.82, 2.24) is 0 Å². The summed E-state index contributed by atoms with van der Waals surface area (Å²) in [5, 5.41) is 3.02. The Morgan fingerprint density at radius 1 is 1.14 bits per heavy atom. The maximum Gasteiger partial charge on any atom is 0.256 e. The first-order chi connectivity index (χ1) is 13.3. The summed E-state index contributed by atoms with van der Waals surface area (Å²) in [7, 11) is 0. The minimum absolute atomic E-state index is 0.105. The van der Waals surface area contributed by atoms with Crippen LogP contribution in [0, 0.1) is 12.8 Å². The highest BCUT2D eigenvalue weighted by Crippen LogP contribution is 2.26. The van der Waals surface area contributed by atoms with Crippen LogP contribution in [0.15, 0.2) is 48.5 Å². The quantitative estimate of drug-likeness (QED) is 0.569. The topological polar surface area (TPSA) is 47.6 Å². The minimum atomic E-state index is -0.833. The van der Waals surface area contributed by atoms with Gasteiger partial charge in [-0.15, -0.1) is 0 Å². The second kappa shape index (κ2) is 10.3. The molecule has 28 heavy (non-hydrogen) atoms. The highest BCUT2D eigenvalue weighted by molar-refractivity contribution is 5.97. The Bertz CT molecular complexity index is 758. The fourth-order valence-electron chi connectivity index (χ4n) is 3.21. The van der Waals surface area contributed by atoms with Gasteiger partial charge in [0.15, 0.2) is 0 Å². The number of ether oxygens (including phenoxy) is 2. The number of hydrogen-bond acceptors (Lipinski definition) is 3. The summed E-state index contributed by atoms with van der Waals surface area (Å²) < 4.78 is 11.8. The van der Waals surface area contributed by atoms with Crippen LogP contribution in [0.4, 0.5) is 5.69 Å². The average molecular weight is 384 g/mol. The number of amides is 1. The molecule has 0 aromatic heterocycles. The molecule has 4 nitrogen and oxygen atoms in total. The monoisotopic (exact) mass is 383 g/mol. The van der Waals surface area contributed by atoms with Crippen LogP contribution in [0.1, 0.15) is 51.7 Å². The molecule has 0 fully saturated rings. The molecule has 152 valence electrons. The third kappa shape index (κ3) is 6.38. The van der Waals surface area contributed by atoms with E-state index in [1.165, 1.54) is 0 Å². The van der Waals surface area contributed by atoms with Crippen molar-refractivity contribution in [2.45, 2.75) is 59.7 Å². The van der Waals surface area contributed by atoms with Gasteiger partial charge in [-0.05, 0) is 61.9 Å². The third-order valence-electron chi connectivity index (χ3n) is 4.57. The summed E-state index contributed by atoms with van der Waals surface area (Å²) in [5.41, 5.74) is 2.02. The molecule has 0 saturated heterocycles. The van der Waals surface area contributed by atoms with Gasteiger partial charge in [-0.25, -0.2) is 0 Å². The molecule has 1 N–H and O–H groups in total. The van der Waals surface area contributed by atoms with Crippen molar-refractivity contribution in [3.8, 4) is 5.75 Å². The highest BCUT2D eigenvalue weighted by atomic mass is 16.5. The predicted octanol–water partition coefficient (Wildman–Crippen LogP) is 5.74. The molecule has 0 aliphatic carbocycles. The van der Waals surface area contributed by atoms with Crippen molar-refractivity contribution in [3.63, 3.8) is 0 Å². The Hall–Kier alpha value is -2.33. The number of carbonyl (C=O) groups is 1. The number of benzene rings is 2. The molecule has 0 aliphatic rings. The number of rotatable bonds is 10. The lowest BCUT2D eigenvalue weighted by molar-refractivity contribution is -0.141. The molecule has 0 saturated carbocycles. The minimum Gasteiger partial charge on any atom is -0.489 e. The van der Waals surface area contributed by atoms with E-state index in [1.54, 1.807) is 0 Å². The van der Waals surface area contributed by atoms with E-state index >= 15 is 0 Å². The third-order valence-corrected chi connectivity index (χ3v) is 4.57. The molecule has 2 aromatic rings. The normalized spacial score (nSPS) is 13.2. The van der Waals surface area contributed by atoms with E-state index in [4.69, 9.17) is 9.47 Å². The van der Waals surface area contributed by atoms with Gasteiger partial charge in [-0.1, -0.05) is 51.1 Å². The van der Waals surface area contributed by atoms with E-state index < -0.39 is 5.60 Å². The predicted molar refractivity (Wildman–Crippen MR) is 115 cm³/mol. The molecule has 4 heteroatoms. The number of anilines is 1. The van der Waals surface area contributed by atoms with Gasteiger partial charge in [0.1, 0.15) is 18.0 Å². The van der Waals surface area contributed by atoms with E-state index in [0.717, 1.165) is 29.0 Å². The van der Waals surface area contributed by atoms with Crippen LogP contribution in [-0.2, 0) is 16.1 Å². The molecule has 0 heterocycles. The Balaban J connectivity index is 2.04. The van der Waals surface area contributed by atoms with Crippen LogP contribution >= 0.6 is 0 Å². The Kier molecular flexibility index (Phi) is 8.06. The van der Waals surface area contributed by atoms with Crippen molar-refractivity contribution < 1.29 is 14.3 Å². The molecule has 0 aliphatic heterocycles. The lowest BCUT2D eigenvalue weighted by Gasteiger charge is -2.30. The second-order valence-electron chi connectivity index (χ2n) is 7.89. The molecule has 0 spiro atoms. The van der Waals surface area contributed by atoms with Crippen molar-refractivity contribution in [3.05, 3.63) is 59.7 Å². The van der Waals surface area contributed by atoms with E-state index in [1.807, 2.05) is 69.3 Å². The summed E-state index contributed by atoms with van der Waals surface area (Å²) in [5.74, 6) is 1.07. The molecule has 0 bridgehead atoms. The summed E-state index contributed by atoms with van der Waals surface area (Å²) >= 11 is 0. The zero-order valence-electron chi connectivity index (χ0n) is 17.7. The van der Waals surface area contributed by atoms with Gasteiger partial charge in [-0.3, -0.25) is 4.79 Å². The first-order valence-corrected chi connectivity index (χ1v) is 10.1. The molecular weight excluding hydrogens is 350 g/mol. The number of hydrogen-bond donors (Lipinski definition) is 1. The fourth-order valence-corrected chi connectivity index (χ4v) is 3.21. The summed E-state index contributed by atoms with van der Waals surface area (Å²) in [6.45, 7) is 11.2. The first-order valence-electron chi connectivity index (χ1n) is 10.1. The van der Waals surface area contributed by atoms with Crippen LogP contribution in [0.5, 0.6) is 5.75 Å². The maximum atomic E-state index is 12.9. The average Bonchev–Trinajstić information content (AvgIpc) is 2.66. The van der Waals surface area contributed by atoms with Gasteiger partial charge in [0.25, 0.3) is 5.91 Å². The summed E-state index contributed by atoms with van der Waals surface area (Å²) in [6.07, 6.45) is 1.56. The van der Waals surface area contributed by atoms with Gasteiger partial charge in [0, 0.05) is 12.3 Å². The van der Waals surface area contributed by atoms with E-state index in [2.05, 4.69) is 19.2 Å².